The van der Waals surface area contributed by atoms with Crippen LogP contribution in [0, 0.1) is 17.8 Å². The summed E-state index contributed by atoms with van der Waals surface area (Å²) in [6.45, 7) is 9.29. The van der Waals surface area contributed by atoms with Crippen LogP contribution >= 0.6 is 0 Å². The number of carbonyl (C=O) groups excluding carboxylic acids is 2. The minimum Gasteiger partial charge on any atom is -0.390 e. The topological polar surface area (TPSA) is 139 Å². The Kier molecular flexibility index (Phi) is 11.1. The predicted molar refractivity (Wildman–Crippen MR) is 166 cm³/mol. The van der Waals surface area contributed by atoms with E-state index in [1.54, 1.807) is 6.92 Å². The van der Waals surface area contributed by atoms with Crippen molar-refractivity contribution in [3.8, 4) is 0 Å². The molecular formula is C32H57N7O5. The van der Waals surface area contributed by atoms with Crippen LogP contribution in [0.4, 0.5) is 0 Å². The van der Waals surface area contributed by atoms with Gasteiger partial charge < -0.3 is 30.1 Å². The molecule has 2 aliphatic carbocycles. The summed E-state index contributed by atoms with van der Waals surface area (Å²) in [7, 11) is 0. The minimum atomic E-state index is -0.608. The van der Waals surface area contributed by atoms with E-state index in [0.717, 1.165) is 71.2 Å². The second kappa shape index (κ2) is 15.0. The van der Waals surface area contributed by atoms with E-state index in [2.05, 4.69) is 38.4 Å². The lowest BCUT2D eigenvalue weighted by Gasteiger charge is -2.46. The number of aliphatic hydroxyl groups is 1. The molecule has 0 aromatic heterocycles. The monoisotopic (exact) mass is 619 g/mol. The number of aliphatic hydroxyl groups excluding tert-OH is 1. The molecule has 6 rings (SSSR count). The third-order valence-corrected chi connectivity index (χ3v) is 11.5. The van der Waals surface area contributed by atoms with Crippen LogP contribution in [0.5, 0.6) is 0 Å². The fourth-order valence-electron chi connectivity index (χ4n) is 8.29. The average molecular weight is 620 g/mol. The molecule has 44 heavy (non-hydrogen) atoms. The summed E-state index contributed by atoms with van der Waals surface area (Å²) >= 11 is 0. The van der Waals surface area contributed by atoms with Crippen LogP contribution in [0.3, 0.4) is 0 Å². The first-order chi connectivity index (χ1) is 21.3. The van der Waals surface area contributed by atoms with E-state index in [9.17, 15) is 14.7 Å². The third kappa shape index (κ3) is 8.12. The fourth-order valence-corrected chi connectivity index (χ4v) is 8.29. The van der Waals surface area contributed by atoms with Gasteiger partial charge in [-0.1, -0.05) is 6.42 Å². The number of carbonyl (C=O) groups is 2. The standard InChI is InChI=1S/C32H57N7O5/c1-20-29(44-19-35-20)18-43-26-7-6-22-13-27(33-16-24(22)12-26)28(41)17-34-32(42)23-14-30(36-25-4-3-5-25)37-31(15-23)39-10-8-38(9-11-39)21(2)40/h20,22-31,33,35-37,41H,3-19H2,1-2H3,(H,34,42)/t20?,22?,23?,24?,26?,27-,28+,29?,30?,31?/m0/s1. The van der Waals surface area contributed by atoms with Crippen molar-refractivity contribution >= 4 is 11.8 Å². The van der Waals surface area contributed by atoms with Gasteiger partial charge in [-0.05, 0) is 76.7 Å². The highest BCUT2D eigenvalue weighted by atomic mass is 16.5. The van der Waals surface area contributed by atoms with Crippen LogP contribution in [-0.2, 0) is 19.1 Å². The van der Waals surface area contributed by atoms with Crippen molar-refractivity contribution in [2.45, 2.75) is 120 Å². The number of piperazine rings is 1. The summed E-state index contributed by atoms with van der Waals surface area (Å²) in [6, 6.07) is 0.859. The predicted octanol–water partition coefficient (Wildman–Crippen LogP) is -0.0807. The summed E-state index contributed by atoms with van der Waals surface area (Å²) in [6.07, 6.45) is 9.32. The molecule has 6 fully saturated rings. The lowest BCUT2D eigenvalue weighted by atomic mass is 9.72. The Hall–Kier alpha value is -1.38. The number of piperidine rings is 2. The van der Waals surface area contributed by atoms with E-state index < -0.39 is 6.10 Å². The molecule has 8 unspecified atom stereocenters. The number of rotatable bonds is 10. The molecule has 0 aromatic rings. The number of hydrogen-bond donors (Lipinski definition) is 6. The molecule has 0 spiro atoms. The Bertz CT molecular complexity index is 963. The number of hydrogen-bond acceptors (Lipinski definition) is 10. The summed E-state index contributed by atoms with van der Waals surface area (Å²) in [5, 5.41) is 28.7. The van der Waals surface area contributed by atoms with Crippen molar-refractivity contribution in [1.29, 1.82) is 0 Å². The summed E-state index contributed by atoms with van der Waals surface area (Å²) in [5.74, 6) is 1.20. The maximum atomic E-state index is 13.5. The van der Waals surface area contributed by atoms with Gasteiger partial charge in [0.05, 0.1) is 44.0 Å². The van der Waals surface area contributed by atoms with Gasteiger partial charge in [-0.3, -0.25) is 30.4 Å². The van der Waals surface area contributed by atoms with Crippen molar-refractivity contribution in [3.05, 3.63) is 0 Å². The molecule has 2 saturated carbocycles. The molecule has 10 atom stereocenters. The maximum absolute atomic E-state index is 13.5. The van der Waals surface area contributed by atoms with E-state index in [1.807, 2.05) is 4.90 Å². The normalized spacial score (nSPS) is 39.3. The molecule has 12 nitrogen and oxygen atoms in total. The van der Waals surface area contributed by atoms with Gasteiger partial charge >= 0.3 is 0 Å². The highest BCUT2D eigenvalue weighted by molar-refractivity contribution is 5.79. The van der Waals surface area contributed by atoms with Crippen LogP contribution in [0.15, 0.2) is 0 Å². The Labute approximate surface area is 263 Å². The SMILES string of the molecule is CC(=O)N1CCN(C2CC(C(=O)NC[C@@H](O)[C@@H]3CC4CCC(OCC5OCNC5C)CC4CN3)CC(NC3CCC3)N2)CC1. The maximum Gasteiger partial charge on any atom is 0.223 e. The zero-order chi connectivity index (χ0) is 30.6. The summed E-state index contributed by atoms with van der Waals surface area (Å²) < 4.78 is 12.0. The Balaban J connectivity index is 0.950. The van der Waals surface area contributed by atoms with E-state index in [4.69, 9.17) is 9.47 Å². The quantitative estimate of drug-likeness (QED) is 0.197. The number of fused-ring (bicyclic) bond motifs is 1. The summed E-state index contributed by atoms with van der Waals surface area (Å²) in [4.78, 5) is 29.6. The van der Waals surface area contributed by atoms with Gasteiger partial charge in [-0.25, -0.2) is 0 Å². The van der Waals surface area contributed by atoms with Crippen LogP contribution in [0.2, 0.25) is 0 Å². The van der Waals surface area contributed by atoms with Crippen molar-refractivity contribution in [3.63, 3.8) is 0 Å². The number of nitrogens with zero attached hydrogens (tertiary/aromatic N) is 2. The van der Waals surface area contributed by atoms with Gasteiger partial charge in [0.15, 0.2) is 0 Å². The molecule has 12 heteroatoms. The highest BCUT2D eigenvalue weighted by Gasteiger charge is 2.40. The molecule has 250 valence electrons. The van der Waals surface area contributed by atoms with Gasteiger partial charge in [-0.2, -0.15) is 0 Å². The van der Waals surface area contributed by atoms with Crippen molar-refractivity contribution in [2.24, 2.45) is 17.8 Å². The van der Waals surface area contributed by atoms with Gasteiger partial charge in [-0.15, -0.1) is 0 Å². The second-order valence-corrected chi connectivity index (χ2v) is 14.4. The number of nitrogens with one attached hydrogen (secondary N) is 5. The second-order valence-electron chi connectivity index (χ2n) is 14.4. The first kappa shape index (κ1) is 32.6. The van der Waals surface area contributed by atoms with E-state index in [-0.39, 0.29) is 54.9 Å². The largest absolute Gasteiger partial charge is 0.390 e. The van der Waals surface area contributed by atoms with E-state index in [0.29, 0.717) is 37.3 Å². The summed E-state index contributed by atoms with van der Waals surface area (Å²) in [5.41, 5.74) is 0. The van der Waals surface area contributed by atoms with Gasteiger partial charge in [0.25, 0.3) is 0 Å². The van der Waals surface area contributed by atoms with Crippen molar-refractivity contribution in [1.82, 2.24) is 36.4 Å². The average Bonchev–Trinajstić information content (AvgIpc) is 3.44. The molecule has 4 aliphatic heterocycles. The van der Waals surface area contributed by atoms with Gasteiger partial charge in [0.2, 0.25) is 11.8 Å². The Morgan fingerprint density at radius 3 is 2.55 bits per heavy atom. The Morgan fingerprint density at radius 2 is 1.84 bits per heavy atom. The molecular weight excluding hydrogens is 562 g/mol. The van der Waals surface area contributed by atoms with Crippen LogP contribution in [0.25, 0.3) is 0 Å². The van der Waals surface area contributed by atoms with Crippen molar-refractivity contribution in [2.75, 3.05) is 52.6 Å². The van der Waals surface area contributed by atoms with E-state index in [1.165, 1.54) is 19.3 Å². The smallest absolute Gasteiger partial charge is 0.223 e. The lowest BCUT2D eigenvalue weighted by Crippen LogP contribution is -2.64. The fraction of sp³-hybridized carbons (Fsp3) is 0.938. The van der Waals surface area contributed by atoms with Crippen molar-refractivity contribution < 1.29 is 24.2 Å². The minimum absolute atomic E-state index is 0.000735. The van der Waals surface area contributed by atoms with Gasteiger partial charge in [0, 0.05) is 63.7 Å². The molecule has 2 amide bonds. The van der Waals surface area contributed by atoms with Crippen LogP contribution in [-0.4, -0.2) is 128 Å². The van der Waals surface area contributed by atoms with E-state index >= 15 is 0 Å². The molecule has 0 aromatic carbocycles. The zero-order valence-corrected chi connectivity index (χ0v) is 26.8. The molecule has 0 radical (unpaired) electrons. The number of amides is 2. The van der Waals surface area contributed by atoms with Crippen LogP contribution in [0.1, 0.15) is 71.6 Å². The number of ether oxygens (including phenoxy) is 2. The zero-order valence-electron chi connectivity index (χ0n) is 26.8. The lowest BCUT2D eigenvalue weighted by molar-refractivity contribution is -0.131. The third-order valence-electron chi connectivity index (χ3n) is 11.5. The molecule has 4 saturated heterocycles. The Morgan fingerprint density at radius 1 is 1.02 bits per heavy atom. The van der Waals surface area contributed by atoms with Gasteiger partial charge in [0.1, 0.15) is 0 Å². The highest BCUT2D eigenvalue weighted by Crippen LogP contribution is 2.37. The first-order valence-electron chi connectivity index (χ1n) is 17.5. The molecule has 6 N–H and O–H groups in total. The first-order valence-corrected chi connectivity index (χ1v) is 17.5. The van der Waals surface area contributed by atoms with Crippen LogP contribution < -0.4 is 26.6 Å². The molecule has 4 heterocycles. The molecule has 0 bridgehead atoms. The molecule has 6 aliphatic rings.